The highest BCUT2D eigenvalue weighted by atomic mass is 35.5. The molecule has 2 heterocycles. The van der Waals surface area contributed by atoms with Gasteiger partial charge in [0.15, 0.2) is 0 Å². The largest absolute Gasteiger partial charge is 0.361 e. The summed E-state index contributed by atoms with van der Waals surface area (Å²) in [5.41, 5.74) is 2.66. The number of H-pyrrole nitrogens is 1. The molecule has 2 N–H and O–H groups in total. The van der Waals surface area contributed by atoms with Gasteiger partial charge in [0.2, 0.25) is 0 Å². The topological polar surface area (TPSA) is 31.1 Å². The Kier molecular flexibility index (Phi) is 7.97. The fourth-order valence-electron chi connectivity index (χ4n) is 3.10. The standard InChI is InChI=1S/C17H23N3.2ClH/c1-2-3-4-17(20-11-9-18-10-12-20)15-6-5-14-7-8-19-16(14)13-15;;/h2,5-8,13,17-19H,1,3-4,9-12H2;2*1H/t17-;;/m0../s1. The highest BCUT2D eigenvalue weighted by Crippen LogP contribution is 2.28. The van der Waals surface area contributed by atoms with Crippen LogP contribution in [-0.2, 0) is 0 Å². The van der Waals surface area contributed by atoms with Crippen molar-refractivity contribution >= 4 is 35.7 Å². The summed E-state index contributed by atoms with van der Waals surface area (Å²) in [7, 11) is 0. The number of nitrogens with zero attached hydrogens (tertiary/aromatic N) is 1. The molecular formula is C17H25Cl2N3. The van der Waals surface area contributed by atoms with Crippen LogP contribution < -0.4 is 5.32 Å². The molecule has 5 heteroatoms. The Labute approximate surface area is 145 Å². The molecule has 0 bridgehead atoms. The summed E-state index contributed by atoms with van der Waals surface area (Å²) < 4.78 is 0. The maximum atomic E-state index is 3.88. The molecule has 1 saturated heterocycles. The van der Waals surface area contributed by atoms with E-state index in [4.69, 9.17) is 0 Å². The number of piperazine rings is 1. The number of rotatable bonds is 5. The van der Waals surface area contributed by atoms with Crippen molar-refractivity contribution < 1.29 is 0 Å². The number of aromatic nitrogens is 1. The second kappa shape index (κ2) is 9.21. The lowest BCUT2D eigenvalue weighted by atomic mass is 9.98. The molecule has 3 rings (SSSR count). The Bertz CT molecular complexity index is 576. The normalized spacial score (nSPS) is 16.5. The summed E-state index contributed by atoms with van der Waals surface area (Å²) in [5, 5.41) is 4.72. The summed E-state index contributed by atoms with van der Waals surface area (Å²) in [6.07, 6.45) is 6.26. The molecule has 1 aromatic heterocycles. The van der Waals surface area contributed by atoms with E-state index in [1.807, 2.05) is 12.3 Å². The van der Waals surface area contributed by atoms with Crippen LogP contribution in [0.25, 0.3) is 10.9 Å². The van der Waals surface area contributed by atoms with E-state index in [9.17, 15) is 0 Å². The first-order valence-electron chi connectivity index (χ1n) is 7.51. The van der Waals surface area contributed by atoms with E-state index in [1.165, 1.54) is 16.5 Å². The van der Waals surface area contributed by atoms with Gasteiger partial charge >= 0.3 is 0 Å². The van der Waals surface area contributed by atoms with Gasteiger partial charge in [-0.25, -0.2) is 0 Å². The molecule has 1 aromatic carbocycles. The molecule has 0 radical (unpaired) electrons. The van der Waals surface area contributed by atoms with Gasteiger partial charge in [0.1, 0.15) is 0 Å². The van der Waals surface area contributed by atoms with Crippen LogP contribution in [0.1, 0.15) is 24.4 Å². The van der Waals surface area contributed by atoms with E-state index in [0.29, 0.717) is 6.04 Å². The number of benzene rings is 1. The smallest absolute Gasteiger partial charge is 0.0457 e. The van der Waals surface area contributed by atoms with Crippen LogP contribution in [0.4, 0.5) is 0 Å². The van der Waals surface area contributed by atoms with Crippen molar-refractivity contribution in [3.8, 4) is 0 Å². The molecule has 0 aliphatic carbocycles. The molecule has 1 aliphatic heterocycles. The van der Waals surface area contributed by atoms with Crippen molar-refractivity contribution in [3.63, 3.8) is 0 Å². The first kappa shape index (κ1) is 19.0. The lowest BCUT2D eigenvalue weighted by Gasteiger charge is -2.35. The molecule has 0 amide bonds. The highest BCUT2D eigenvalue weighted by Gasteiger charge is 2.21. The summed E-state index contributed by atoms with van der Waals surface area (Å²) in [5.74, 6) is 0. The van der Waals surface area contributed by atoms with E-state index in [0.717, 1.165) is 39.0 Å². The summed E-state index contributed by atoms with van der Waals surface area (Å²) in [6.45, 7) is 8.32. The molecule has 2 aromatic rings. The fraction of sp³-hybridized carbons (Fsp3) is 0.412. The molecule has 22 heavy (non-hydrogen) atoms. The molecule has 1 atom stereocenters. The molecule has 0 unspecified atom stereocenters. The highest BCUT2D eigenvalue weighted by molar-refractivity contribution is 5.85. The maximum absolute atomic E-state index is 3.88. The first-order valence-corrected chi connectivity index (χ1v) is 7.51. The second-order valence-corrected chi connectivity index (χ2v) is 5.49. The Morgan fingerprint density at radius 3 is 2.68 bits per heavy atom. The van der Waals surface area contributed by atoms with Crippen LogP contribution in [0, 0.1) is 0 Å². The van der Waals surface area contributed by atoms with Crippen molar-refractivity contribution in [1.82, 2.24) is 15.2 Å². The fourth-order valence-corrected chi connectivity index (χ4v) is 3.10. The Morgan fingerprint density at radius 2 is 1.95 bits per heavy atom. The van der Waals surface area contributed by atoms with E-state index in [2.05, 4.69) is 46.0 Å². The zero-order valence-electron chi connectivity index (χ0n) is 12.8. The predicted molar refractivity (Wildman–Crippen MR) is 99.4 cm³/mol. The van der Waals surface area contributed by atoms with E-state index < -0.39 is 0 Å². The summed E-state index contributed by atoms with van der Waals surface area (Å²) in [6, 6.07) is 9.45. The number of allylic oxidation sites excluding steroid dienone is 1. The Morgan fingerprint density at radius 1 is 1.18 bits per heavy atom. The number of fused-ring (bicyclic) bond motifs is 1. The monoisotopic (exact) mass is 341 g/mol. The van der Waals surface area contributed by atoms with Gasteiger partial charge in [-0.1, -0.05) is 18.2 Å². The van der Waals surface area contributed by atoms with Gasteiger partial charge < -0.3 is 10.3 Å². The summed E-state index contributed by atoms with van der Waals surface area (Å²) in [4.78, 5) is 5.92. The van der Waals surface area contributed by atoms with Crippen molar-refractivity contribution in [3.05, 3.63) is 48.7 Å². The van der Waals surface area contributed by atoms with Crippen LogP contribution in [0.2, 0.25) is 0 Å². The van der Waals surface area contributed by atoms with Gasteiger partial charge in [0, 0.05) is 43.9 Å². The van der Waals surface area contributed by atoms with Crippen LogP contribution in [0.5, 0.6) is 0 Å². The first-order chi connectivity index (χ1) is 9.88. The molecule has 0 saturated carbocycles. The lowest BCUT2D eigenvalue weighted by Crippen LogP contribution is -2.45. The third-order valence-corrected chi connectivity index (χ3v) is 4.20. The summed E-state index contributed by atoms with van der Waals surface area (Å²) >= 11 is 0. The van der Waals surface area contributed by atoms with Crippen molar-refractivity contribution in [2.24, 2.45) is 0 Å². The van der Waals surface area contributed by atoms with Gasteiger partial charge in [0.25, 0.3) is 0 Å². The van der Waals surface area contributed by atoms with Crippen LogP contribution in [0.15, 0.2) is 43.1 Å². The van der Waals surface area contributed by atoms with Crippen molar-refractivity contribution in [1.29, 1.82) is 0 Å². The van der Waals surface area contributed by atoms with Gasteiger partial charge in [-0.15, -0.1) is 31.4 Å². The average molecular weight is 342 g/mol. The predicted octanol–water partition coefficient (Wildman–Crippen LogP) is 3.92. The molecule has 1 aliphatic rings. The molecule has 0 spiro atoms. The Balaban J connectivity index is 0.00000121. The molecular weight excluding hydrogens is 317 g/mol. The number of hydrogen-bond acceptors (Lipinski definition) is 2. The van der Waals surface area contributed by atoms with E-state index >= 15 is 0 Å². The quantitative estimate of drug-likeness (QED) is 0.807. The minimum absolute atomic E-state index is 0. The SMILES string of the molecule is C=CCC[C@@H](c1ccc2cc[nH]c2c1)N1CCNCC1.Cl.Cl. The van der Waals surface area contributed by atoms with Gasteiger partial charge in [-0.2, -0.15) is 0 Å². The van der Waals surface area contributed by atoms with Crippen LogP contribution in [-0.4, -0.2) is 36.1 Å². The minimum Gasteiger partial charge on any atom is -0.361 e. The molecule has 122 valence electrons. The minimum atomic E-state index is 0. The van der Waals surface area contributed by atoms with Crippen molar-refractivity contribution in [2.75, 3.05) is 26.2 Å². The van der Waals surface area contributed by atoms with Gasteiger partial charge in [-0.3, -0.25) is 4.90 Å². The van der Waals surface area contributed by atoms with Crippen LogP contribution >= 0.6 is 24.8 Å². The zero-order valence-corrected chi connectivity index (χ0v) is 14.4. The Hall–Kier alpha value is -1.00. The van der Waals surface area contributed by atoms with E-state index in [1.54, 1.807) is 0 Å². The zero-order chi connectivity index (χ0) is 13.8. The maximum Gasteiger partial charge on any atom is 0.0457 e. The van der Waals surface area contributed by atoms with E-state index in [-0.39, 0.29) is 24.8 Å². The second-order valence-electron chi connectivity index (χ2n) is 5.49. The number of hydrogen-bond donors (Lipinski definition) is 2. The molecule has 1 fully saturated rings. The van der Waals surface area contributed by atoms with Gasteiger partial charge in [-0.05, 0) is 35.9 Å². The number of nitrogens with one attached hydrogen (secondary N) is 2. The molecule has 3 nitrogen and oxygen atoms in total. The van der Waals surface area contributed by atoms with Crippen LogP contribution in [0.3, 0.4) is 0 Å². The third-order valence-electron chi connectivity index (χ3n) is 4.20. The average Bonchev–Trinajstić information content (AvgIpc) is 2.96. The van der Waals surface area contributed by atoms with Crippen molar-refractivity contribution in [2.45, 2.75) is 18.9 Å². The number of aromatic amines is 1. The third kappa shape index (κ3) is 4.26. The lowest BCUT2D eigenvalue weighted by molar-refractivity contribution is 0.166. The van der Waals surface area contributed by atoms with Gasteiger partial charge in [0.05, 0.1) is 0 Å². The number of halogens is 2.